The number of benzene rings is 1. The first-order valence-corrected chi connectivity index (χ1v) is 6.36. The van der Waals surface area contributed by atoms with Crippen LogP contribution >= 0.6 is 0 Å². The Labute approximate surface area is 117 Å². The van der Waals surface area contributed by atoms with Crippen LogP contribution in [0.5, 0.6) is 0 Å². The highest BCUT2D eigenvalue weighted by atomic mass is 16.2. The quantitative estimate of drug-likeness (QED) is 0.745. The highest BCUT2D eigenvalue weighted by Crippen LogP contribution is 2.08. The monoisotopic (exact) mass is 274 g/mol. The van der Waals surface area contributed by atoms with Crippen LogP contribution in [0.1, 0.15) is 11.4 Å². The van der Waals surface area contributed by atoms with E-state index in [2.05, 4.69) is 20.7 Å². The first-order valence-electron chi connectivity index (χ1n) is 6.36. The molecule has 0 atom stereocenters. The molecule has 2 aromatic rings. The largest absolute Gasteiger partial charge is 0.337 e. The molecular weight excluding hydrogens is 256 g/mol. The van der Waals surface area contributed by atoms with Gasteiger partial charge in [0.05, 0.1) is 0 Å². The molecule has 20 heavy (non-hydrogen) atoms. The summed E-state index contributed by atoms with van der Waals surface area (Å²) < 4.78 is 1.63. The molecule has 2 rings (SSSR count). The van der Waals surface area contributed by atoms with Crippen LogP contribution < -0.4 is 16.4 Å². The fraction of sp³-hybridized carbons (Fsp3) is 0.308. The van der Waals surface area contributed by atoms with E-state index in [1.807, 2.05) is 31.3 Å². The summed E-state index contributed by atoms with van der Waals surface area (Å²) in [4.78, 5) is 15.8. The van der Waals surface area contributed by atoms with Gasteiger partial charge in [-0.2, -0.15) is 5.10 Å². The predicted octanol–water partition coefficient (Wildman–Crippen LogP) is 0.638. The summed E-state index contributed by atoms with van der Waals surface area (Å²) >= 11 is 0. The Kier molecular flexibility index (Phi) is 4.67. The molecule has 0 bridgehead atoms. The van der Waals surface area contributed by atoms with Crippen LogP contribution in [0.15, 0.2) is 30.6 Å². The van der Waals surface area contributed by atoms with Gasteiger partial charge in [0.2, 0.25) is 0 Å². The van der Waals surface area contributed by atoms with E-state index in [0.29, 0.717) is 25.3 Å². The van der Waals surface area contributed by atoms with E-state index in [1.165, 1.54) is 0 Å². The van der Waals surface area contributed by atoms with Crippen molar-refractivity contribution in [3.05, 3.63) is 42.0 Å². The van der Waals surface area contributed by atoms with Crippen molar-refractivity contribution in [2.45, 2.75) is 13.0 Å². The number of aromatic nitrogens is 3. The lowest BCUT2D eigenvalue weighted by molar-refractivity contribution is 0.252. The van der Waals surface area contributed by atoms with Crippen molar-refractivity contribution in [3.8, 4) is 0 Å². The number of carbonyl (C=O) groups is 1. The van der Waals surface area contributed by atoms with E-state index in [9.17, 15) is 4.79 Å². The number of hydrogen-bond acceptors (Lipinski definition) is 4. The maximum absolute atomic E-state index is 11.7. The van der Waals surface area contributed by atoms with Crippen molar-refractivity contribution < 1.29 is 4.79 Å². The van der Waals surface area contributed by atoms with Crippen molar-refractivity contribution in [1.29, 1.82) is 0 Å². The highest BCUT2D eigenvalue weighted by Gasteiger charge is 2.03. The highest BCUT2D eigenvalue weighted by molar-refractivity contribution is 5.89. The van der Waals surface area contributed by atoms with Crippen molar-refractivity contribution in [2.24, 2.45) is 12.8 Å². The number of aryl methyl sites for hydroxylation is 1. The molecule has 106 valence electrons. The standard InChI is InChI=1S/C13H18N6O/c1-19-9-16-12(18-19)6-7-15-13(20)17-11-4-2-10(8-14)3-5-11/h2-5,9H,6-8,14H2,1H3,(H2,15,17,20). The lowest BCUT2D eigenvalue weighted by atomic mass is 10.2. The van der Waals surface area contributed by atoms with Gasteiger partial charge in [-0.3, -0.25) is 4.68 Å². The molecule has 0 aliphatic rings. The van der Waals surface area contributed by atoms with Gasteiger partial charge >= 0.3 is 6.03 Å². The third kappa shape index (κ3) is 4.06. The lowest BCUT2D eigenvalue weighted by Gasteiger charge is -2.07. The third-order valence-corrected chi connectivity index (χ3v) is 2.73. The van der Waals surface area contributed by atoms with E-state index in [-0.39, 0.29) is 6.03 Å². The first kappa shape index (κ1) is 14.0. The summed E-state index contributed by atoms with van der Waals surface area (Å²) in [7, 11) is 1.81. The molecule has 1 aromatic heterocycles. The summed E-state index contributed by atoms with van der Waals surface area (Å²) in [6.45, 7) is 0.973. The molecule has 0 unspecified atom stereocenters. The lowest BCUT2D eigenvalue weighted by Crippen LogP contribution is -2.30. The van der Waals surface area contributed by atoms with Gasteiger partial charge < -0.3 is 16.4 Å². The van der Waals surface area contributed by atoms with Gasteiger partial charge in [-0.25, -0.2) is 9.78 Å². The molecule has 0 fully saturated rings. The van der Waals surface area contributed by atoms with E-state index >= 15 is 0 Å². The molecular formula is C13H18N6O. The maximum atomic E-state index is 11.7. The zero-order valence-electron chi connectivity index (χ0n) is 11.3. The Bertz CT molecular complexity index is 562. The molecule has 0 radical (unpaired) electrons. The van der Waals surface area contributed by atoms with Crippen LogP contribution in [0.2, 0.25) is 0 Å². The van der Waals surface area contributed by atoms with Crippen molar-refractivity contribution >= 4 is 11.7 Å². The van der Waals surface area contributed by atoms with Crippen LogP contribution in [0.4, 0.5) is 10.5 Å². The topological polar surface area (TPSA) is 97.9 Å². The van der Waals surface area contributed by atoms with Crippen molar-refractivity contribution in [3.63, 3.8) is 0 Å². The molecule has 7 heteroatoms. The molecule has 0 saturated heterocycles. The number of carbonyl (C=O) groups excluding carboxylic acids is 1. The third-order valence-electron chi connectivity index (χ3n) is 2.73. The Morgan fingerprint density at radius 1 is 1.35 bits per heavy atom. The van der Waals surface area contributed by atoms with E-state index < -0.39 is 0 Å². The number of nitrogens with one attached hydrogen (secondary N) is 2. The minimum absolute atomic E-state index is 0.249. The molecule has 1 aromatic carbocycles. The van der Waals surface area contributed by atoms with Gasteiger partial charge in [-0.05, 0) is 17.7 Å². The van der Waals surface area contributed by atoms with Crippen LogP contribution in [0, 0.1) is 0 Å². The molecule has 0 saturated carbocycles. The molecule has 0 spiro atoms. The van der Waals surface area contributed by atoms with Crippen LogP contribution in [0.25, 0.3) is 0 Å². The van der Waals surface area contributed by atoms with Crippen LogP contribution in [0.3, 0.4) is 0 Å². The van der Waals surface area contributed by atoms with Gasteiger partial charge in [0, 0.05) is 32.2 Å². The molecule has 1 heterocycles. The summed E-state index contributed by atoms with van der Waals surface area (Å²) in [5, 5.41) is 9.63. The number of urea groups is 1. The van der Waals surface area contributed by atoms with Crippen LogP contribution in [-0.2, 0) is 20.0 Å². The van der Waals surface area contributed by atoms with Crippen molar-refractivity contribution in [2.75, 3.05) is 11.9 Å². The summed E-state index contributed by atoms with van der Waals surface area (Å²) in [6.07, 6.45) is 2.23. The van der Waals surface area contributed by atoms with E-state index in [0.717, 1.165) is 11.3 Å². The molecule has 2 amide bonds. The fourth-order valence-electron chi connectivity index (χ4n) is 1.69. The summed E-state index contributed by atoms with van der Waals surface area (Å²) in [5.74, 6) is 0.708. The molecule has 0 aliphatic heterocycles. The second kappa shape index (κ2) is 6.67. The average molecular weight is 274 g/mol. The number of anilines is 1. The number of amides is 2. The Morgan fingerprint density at radius 3 is 2.70 bits per heavy atom. The number of rotatable bonds is 5. The SMILES string of the molecule is Cn1cnc(CCNC(=O)Nc2ccc(CN)cc2)n1. The molecule has 0 aliphatic carbocycles. The van der Waals surface area contributed by atoms with Gasteiger partial charge in [-0.15, -0.1) is 0 Å². The minimum atomic E-state index is -0.249. The number of hydrogen-bond donors (Lipinski definition) is 3. The van der Waals surface area contributed by atoms with Crippen LogP contribution in [-0.4, -0.2) is 27.3 Å². The smallest absolute Gasteiger partial charge is 0.319 e. The summed E-state index contributed by atoms with van der Waals surface area (Å²) in [5.41, 5.74) is 7.27. The van der Waals surface area contributed by atoms with E-state index in [1.54, 1.807) is 11.0 Å². The second-order valence-electron chi connectivity index (χ2n) is 4.37. The maximum Gasteiger partial charge on any atom is 0.319 e. The Hall–Kier alpha value is -2.41. The first-order chi connectivity index (χ1) is 9.67. The van der Waals surface area contributed by atoms with Gasteiger partial charge in [-0.1, -0.05) is 12.1 Å². The average Bonchev–Trinajstić information content (AvgIpc) is 2.85. The van der Waals surface area contributed by atoms with Gasteiger partial charge in [0.15, 0.2) is 5.82 Å². The Morgan fingerprint density at radius 2 is 2.10 bits per heavy atom. The fourth-order valence-corrected chi connectivity index (χ4v) is 1.69. The number of nitrogens with zero attached hydrogens (tertiary/aromatic N) is 3. The zero-order valence-corrected chi connectivity index (χ0v) is 11.3. The number of nitrogens with two attached hydrogens (primary N) is 1. The molecule has 4 N–H and O–H groups in total. The zero-order chi connectivity index (χ0) is 14.4. The van der Waals surface area contributed by atoms with Gasteiger partial charge in [0.1, 0.15) is 6.33 Å². The summed E-state index contributed by atoms with van der Waals surface area (Å²) in [6, 6.07) is 7.16. The van der Waals surface area contributed by atoms with Crippen molar-refractivity contribution in [1.82, 2.24) is 20.1 Å². The Balaban J connectivity index is 1.74. The minimum Gasteiger partial charge on any atom is -0.337 e. The predicted molar refractivity (Wildman–Crippen MR) is 76.1 cm³/mol. The molecule has 7 nitrogen and oxygen atoms in total. The second-order valence-corrected chi connectivity index (χ2v) is 4.37. The van der Waals surface area contributed by atoms with Gasteiger partial charge in [0.25, 0.3) is 0 Å². The normalized spacial score (nSPS) is 10.3. The van der Waals surface area contributed by atoms with E-state index in [4.69, 9.17) is 5.73 Å².